The van der Waals surface area contributed by atoms with E-state index in [1.165, 1.54) is 0 Å². The van der Waals surface area contributed by atoms with Crippen molar-refractivity contribution < 1.29 is 5.11 Å². The molecular weight excluding hydrogens is 252 g/mol. The Balaban J connectivity index is 1.60. The van der Waals surface area contributed by atoms with E-state index < -0.39 is 0 Å². The third kappa shape index (κ3) is 2.90. The molecule has 0 spiro atoms. The monoisotopic (exact) mass is 272 g/mol. The molecule has 1 aromatic heterocycles. The van der Waals surface area contributed by atoms with Crippen LogP contribution in [0.1, 0.15) is 5.82 Å². The smallest absolute Gasteiger partial charge is 0.127 e. The van der Waals surface area contributed by atoms with Crippen molar-refractivity contribution in [2.45, 2.75) is 12.6 Å². The van der Waals surface area contributed by atoms with Gasteiger partial charge in [0.2, 0.25) is 0 Å². The lowest BCUT2D eigenvalue weighted by Crippen LogP contribution is -2.30. The Kier molecular flexibility index (Phi) is 4.11. The molecule has 1 saturated heterocycles. The van der Waals surface area contributed by atoms with Gasteiger partial charge in [0, 0.05) is 43.6 Å². The van der Waals surface area contributed by atoms with E-state index in [0.29, 0.717) is 13.1 Å². The Morgan fingerprint density at radius 1 is 1.30 bits per heavy atom. The van der Waals surface area contributed by atoms with Gasteiger partial charge in [0.25, 0.3) is 0 Å². The van der Waals surface area contributed by atoms with Crippen LogP contribution in [0, 0.1) is 5.92 Å². The summed E-state index contributed by atoms with van der Waals surface area (Å²) in [6, 6.07) is 10.2. The number of aliphatic hydroxyl groups excluding tert-OH is 1. The molecular formula is C15H20N4O. The zero-order valence-electron chi connectivity index (χ0n) is 11.4. The van der Waals surface area contributed by atoms with Crippen molar-refractivity contribution in [1.29, 1.82) is 0 Å². The zero-order valence-corrected chi connectivity index (χ0v) is 11.4. The standard InChI is InChI=1S/C15H20N4O/c20-14-10-16-8-12(14)9-17-11-15-18-6-7-19(15)13-4-2-1-3-5-13/h1-7,12,14,16-17,20H,8-11H2. The summed E-state index contributed by atoms with van der Waals surface area (Å²) in [5.41, 5.74) is 1.12. The molecule has 0 saturated carbocycles. The third-order valence-corrected chi connectivity index (χ3v) is 3.75. The van der Waals surface area contributed by atoms with Crippen molar-refractivity contribution in [2.24, 2.45) is 5.92 Å². The minimum absolute atomic E-state index is 0.239. The van der Waals surface area contributed by atoms with Crippen LogP contribution in [-0.2, 0) is 6.54 Å². The number of para-hydroxylation sites is 1. The highest BCUT2D eigenvalue weighted by Gasteiger charge is 2.24. The fraction of sp³-hybridized carbons (Fsp3) is 0.400. The largest absolute Gasteiger partial charge is 0.391 e. The first-order valence-electron chi connectivity index (χ1n) is 7.02. The first kappa shape index (κ1) is 13.3. The molecule has 3 rings (SSSR count). The van der Waals surface area contributed by atoms with E-state index in [0.717, 1.165) is 24.6 Å². The van der Waals surface area contributed by atoms with Crippen molar-refractivity contribution in [2.75, 3.05) is 19.6 Å². The Hall–Kier alpha value is -1.69. The summed E-state index contributed by atoms with van der Waals surface area (Å²) in [6.45, 7) is 3.08. The molecule has 2 aromatic rings. The van der Waals surface area contributed by atoms with Crippen molar-refractivity contribution >= 4 is 0 Å². The molecule has 2 atom stereocenters. The summed E-state index contributed by atoms with van der Waals surface area (Å²) in [5.74, 6) is 1.27. The molecule has 3 N–H and O–H groups in total. The molecule has 1 aliphatic heterocycles. The molecule has 5 heteroatoms. The predicted molar refractivity (Wildman–Crippen MR) is 77.6 cm³/mol. The summed E-state index contributed by atoms with van der Waals surface area (Å²) >= 11 is 0. The maximum atomic E-state index is 9.76. The van der Waals surface area contributed by atoms with E-state index >= 15 is 0 Å². The number of benzene rings is 1. The highest BCUT2D eigenvalue weighted by atomic mass is 16.3. The predicted octanol–water partition coefficient (Wildman–Crippen LogP) is 0.542. The topological polar surface area (TPSA) is 62.1 Å². The average Bonchev–Trinajstić information content (AvgIpc) is 3.10. The number of nitrogens with one attached hydrogen (secondary N) is 2. The lowest BCUT2D eigenvalue weighted by Gasteiger charge is -2.14. The number of nitrogens with zero attached hydrogens (tertiary/aromatic N) is 2. The normalized spacial score (nSPS) is 22.2. The van der Waals surface area contributed by atoms with Gasteiger partial charge in [-0.1, -0.05) is 18.2 Å². The zero-order chi connectivity index (χ0) is 13.8. The van der Waals surface area contributed by atoms with E-state index in [1.54, 1.807) is 0 Å². The van der Waals surface area contributed by atoms with Crippen LogP contribution >= 0.6 is 0 Å². The van der Waals surface area contributed by atoms with Gasteiger partial charge in [-0.2, -0.15) is 0 Å². The van der Waals surface area contributed by atoms with E-state index in [1.807, 2.05) is 30.6 Å². The highest BCUT2D eigenvalue weighted by molar-refractivity contribution is 5.32. The molecule has 5 nitrogen and oxygen atoms in total. The Morgan fingerprint density at radius 3 is 2.90 bits per heavy atom. The molecule has 0 amide bonds. The third-order valence-electron chi connectivity index (χ3n) is 3.75. The highest BCUT2D eigenvalue weighted by Crippen LogP contribution is 2.11. The summed E-state index contributed by atoms with van der Waals surface area (Å²) in [6.07, 6.45) is 3.55. The van der Waals surface area contributed by atoms with Crippen LogP contribution < -0.4 is 10.6 Å². The number of hydrogen-bond donors (Lipinski definition) is 3. The Bertz CT molecular complexity index is 540. The van der Waals surface area contributed by atoms with Crippen LogP contribution in [0.2, 0.25) is 0 Å². The van der Waals surface area contributed by atoms with Crippen LogP contribution in [-0.4, -0.2) is 40.4 Å². The van der Waals surface area contributed by atoms with Crippen molar-refractivity contribution in [3.63, 3.8) is 0 Å². The van der Waals surface area contributed by atoms with Crippen LogP contribution in [0.25, 0.3) is 5.69 Å². The van der Waals surface area contributed by atoms with Crippen LogP contribution in [0.4, 0.5) is 0 Å². The number of aromatic nitrogens is 2. The molecule has 20 heavy (non-hydrogen) atoms. The van der Waals surface area contributed by atoms with Gasteiger partial charge < -0.3 is 20.3 Å². The van der Waals surface area contributed by atoms with E-state index in [2.05, 4.69) is 32.3 Å². The SMILES string of the molecule is OC1CNCC1CNCc1nccn1-c1ccccc1. The Morgan fingerprint density at radius 2 is 2.15 bits per heavy atom. The summed E-state index contributed by atoms with van der Waals surface area (Å²) < 4.78 is 2.08. The fourth-order valence-corrected chi connectivity index (χ4v) is 2.59. The summed E-state index contributed by atoms with van der Waals surface area (Å²) in [4.78, 5) is 4.40. The second kappa shape index (κ2) is 6.17. The van der Waals surface area contributed by atoms with E-state index in [4.69, 9.17) is 0 Å². The maximum absolute atomic E-state index is 9.76. The molecule has 0 aliphatic carbocycles. The second-order valence-corrected chi connectivity index (χ2v) is 5.17. The minimum Gasteiger partial charge on any atom is -0.391 e. The molecule has 106 valence electrons. The maximum Gasteiger partial charge on any atom is 0.127 e. The molecule has 0 bridgehead atoms. The van der Waals surface area contributed by atoms with Crippen molar-refractivity contribution in [3.8, 4) is 5.69 Å². The van der Waals surface area contributed by atoms with Gasteiger partial charge in [-0.15, -0.1) is 0 Å². The summed E-state index contributed by atoms with van der Waals surface area (Å²) in [7, 11) is 0. The first-order chi connectivity index (χ1) is 9.84. The van der Waals surface area contributed by atoms with Crippen LogP contribution in [0.5, 0.6) is 0 Å². The summed E-state index contributed by atoms with van der Waals surface area (Å²) in [5, 5.41) is 16.3. The minimum atomic E-state index is -0.239. The van der Waals surface area contributed by atoms with Gasteiger partial charge in [-0.05, 0) is 12.1 Å². The van der Waals surface area contributed by atoms with Crippen LogP contribution in [0.15, 0.2) is 42.7 Å². The molecule has 2 heterocycles. The molecule has 2 unspecified atom stereocenters. The van der Waals surface area contributed by atoms with E-state index in [-0.39, 0.29) is 12.0 Å². The lowest BCUT2D eigenvalue weighted by atomic mass is 10.1. The lowest BCUT2D eigenvalue weighted by molar-refractivity contribution is 0.146. The quantitative estimate of drug-likeness (QED) is 0.743. The fourth-order valence-electron chi connectivity index (χ4n) is 2.59. The molecule has 1 aromatic carbocycles. The first-order valence-corrected chi connectivity index (χ1v) is 7.02. The number of rotatable bonds is 5. The number of imidazole rings is 1. The van der Waals surface area contributed by atoms with Gasteiger partial charge in [0.1, 0.15) is 5.82 Å². The van der Waals surface area contributed by atoms with Gasteiger partial charge in [-0.3, -0.25) is 0 Å². The van der Waals surface area contributed by atoms with Crippen molar-refractivity contribution in [3.05, 3.63) is 48.5 Å². The van der Waals surface area contributed by atoms with Gasteiger partial charge in [0.05, 0.1) is 12.6 Å². The molecule has 0 radical (unpaired) electrons. The van der Waals surface area contributed by atoms with Crippen molar-refractivity contribution in [1.82, 2.24) is 20.2 Å². The average molecular weight is 272 g/mol. The van der Waals surface area contributed by atoms with Crippen LogP contribution in [0.3, 0.4) is 0 Å². The van der Waals surface area contributed by atoms with Gasteiger partial charge in [0.15, 0.2) is 0 Å². The Labute approximate surface area is 118 Å². The number of β-amino-alcohol motifs (C(OH)–C–C–N with tert-alkyl or cyclic N) is 1. The van der Waals surface area contributed by atoms with Gasteiger partial charge in [-0.25, -0.2) is 4.98 Å². The second-order valence-electron chi connectivity index (χ2n) is 5.17. The molecule has 1 aliphatic rings. The number of aliphatic hydroxyl groups is 1. The van der Waals surface area contributed by atoms with E-state index in [9.17, 15) is 5.11 Å². The number of hydrogen-bond acceptors (Lipinski definition) is 4. The van der Waals surface area contributed by atoms with Gasteiger partial charge >= 0.3 is 0 Å². The molecule has 1 fully saturated rings.